The second-order valence-corrected chi connectivity index (χ2v) is 4.11. The van der Waals surface area contributed by atoms with Gasteiger partial charge in [0.1, 0.15) is 0 Å². The van der Waals surface area contributed by atoms with Crippen molar-refractivity contribution >= 4 is 5.91 Å². The molecule has 0 radical (unpaired) electrons. The molecule has 0 aromatic rings. The van der Waals surface area contributed by atoms with Crippen LogP contribution in [-0.2, 0) is 4.79 Å². The standard InChI is InChI=1S/C11H22N2O/c1-3-4-5-6-10(2)13-8-7-12-9-11(13)14/h10,12H,3-9H2,1-2H3. The summed E-state index contributed by atoms with van der Waals surface area (Å²) >= 11 is 0. The molecule has 0 spiro atoms. The van der Waals surface area contributed by atoms with Crippen molar-refractivity contribution in [2.45, 2.75) is 45.6 Å². The van der Waals surface area contributed by atoms with Gasteiger partial charge in [0.15, 0.2) is 0 Å². The summed E-state index contributed by atoms with van der Waals surface area (Å²) in [6.45, 7) is 6.73. The van der Waals surface area contributed by atoms with Crippen LogP contribution in [-0.4, -0.2) is 36.5 Å². The Balaban J connectivity index is 2.27. The molecule has 1 aliphatic heterocycles. The second-order valence-electron chi connectivity index (χ2n) is 4.11. The van der Waals surface area contributed by atoms with Gasteiger partial charge in [-0.15, -0.1) is 0 Å². The van der Waals surface area contributed by atoms with Crippen LogP contribution in [0, 0.1) is 0 Å². The topological polar surface area (TPSA) is 32.3 Å². The van der Waals surface area contributed by atoms with E-state index in [1.54, 1.807) is 0 Å². The van der Waals surface area contributed by atoms with Crippen molar-refractivity contribution in [2.75, 3.05) is 19.6 Å². The Hall–Kier alpha value is -0.570. The number of hydrogen-bond donors (Lipinski definition) is 1. The molecule has 1 N–H and O–H groups in total. The molecule has 1 aliphatic rings. The fraction of sp³-hybridized carbons (Fsp3) is 0.909. The van der Waals surface area contributed by atoms with E-state index in [4.69, 9.17) is 0 Å². The number of nitrogens with one attached hydrogen (secondary N) is 1. The van der Waals surface area contributed by atoms with E-state index in [1.165, 1.54) is 19.3 Å². The highest BCUT2D eigenvalue weighted by molar-refractivity contribution is 5.79. The number of piperazine rings is 1. The fourth-order valence-electron chi connectivity index (χ4n) is 1.93. The number of unbranched alkanes of at least 4 members (excludes halogenated alkanes) is 2. The van der Waals surface area contributed by atoms with Gasteiger partial charge in [-0.3, -0.25) is 4.79 Å². The predicted octanol–water partition coefficient (Wildman–Crippen LogP) is 1.39. The van der Waals surface area contributed by atoms with Gasteiger partial charge in [-0.05, 0) is 13.3 Å². The summed E-state index contributed by atoms with van der Waals surface area (Å²) in [5, 5.41) is 3.10. The molecule has 0 aromatic heterocycles. The summed E-state index contributed by atoms with van der Waals surface area (Å²) in [6, 6.07) is 0.427. The van der Waals surface area contributed by atoms with E-state index in [9.17, 15) is 4.79 Å². The SMILES string of the molecule is CCCCCC(C)N1CCNCC1=O. The Morgan fingerprint density at radius 1 is 1.50 bits per heavy atom. The quantitative estimate of drug-likeness (QED) is 0.677. The van der Waals surface area contributed by atoms with Crippen LogP contribution in [0.3, 0.4) is 0 Å². The minimum atomic E-state index is 0.264. The highest BCUT2D eigenvalue weighted by Gasteiger charge is 2.21. The van der Waals surface area contributed by atoms with E-state index in [0.717, 1.165) is 19.5 Å². The molecule has 1 heterocycles. The molecule has 1 amide bonds. The number of rotatable bonds is 5. The zero-order valence-corrected chi connectivity index (χ0v) is 9.38. The Bertz CT molecular complexity index is 182. The first-order valence-corrected chi connectivity index (χ1v) is 5.76. The number of nitrogens with zero attached hydrogens (tertiary/aromatic N) is 1. The van der Waals surface area contributed by atoms with E-state index in [0.29, 0.717) is 12.6 Å². The third-order valence-corrected chi connectivity index (χ3v) is 2.88. The van der Waals surface area contributed by atoms with Crippen LogP contribution in [0.4, 0.5) is 0 Å². The molecule has 3 heteroatoms. The highest BCUT2D eigenvalue weighted by Crippen LogP contribution is 2.10. The summed E-state index contributed by atoms with van der Waals surface area (Å²) in [4.78, 5) is 13.6. The smallest absolute Gasteiger partial charge is 0.236 e. The molecule has 14 heavy (non-hydrogen) atoms. The van der Waals surface area contributed by atoms with Crippen LogP contribution in [0.5, 0.6) is 0 Å². The van der Waals surface area contributed by atoms with E-state index >= 15 is 0 Å². The lowest BCUT2D eigenvalue weighted by molar-refractivity contribution is -0.134. The second kappa shape index (κ2) is 6.02. The molecule has 3 nitrogen and oxygen atoms in total. The van der Waals surface area contributed by atoms with Gasteiger partial charge >= 0.3 is 0 Å². The van der Waals surface area contributed by atoms with Crippen molar-refractivity contribution < 1.29 is 4.79 Å². The summed E-state index contributed by atoms with van der Waals surface area (Å²) in [7, 11) is 0. The first-order valence-electron chi connectivity index (χ1n) is 5.76. The Morgan fingerprint density at radius 2 is 2.29 bits per heavy atom. The number of carbonyl (C=O) groups excluding carboxylic acids is 1. The van der Waals surface area contributed by atoms with Crippen molar-refractivity contribution in [3.8, 4) is 0 Å². The monoisotopic (exact) mass is 198 g/mol. The summed E-state index contributed by atoms with van der Waals surface area (Å²) < 4.78 is 0. The third-order valence-electron chi connectivity index (χ3n) is 2.88. The van der Waals surface area contributed by atoms with Gasteiger partial charge in [0.05, 0.1) is 6.54 Å². The summed E-state index contributed by atoms with van der Waals surface area (Å²) in [5.74, 6) is 0.264. The molecule has 1 fully saturated rings. The first-order chi connectivity index (χ1) is 6.75. The molecule has 82 valence electrons. The maximum atomic E-state index is 11.5. The minimum Gasteiger partial charge on any atom is -0.338 e. The largest absolute Gasteiger partial charge is 0.338 e. The zero-order valence-electron chi connectivity index (χ0n) is 9.38. The van der Waals surface area contributed by atoms with Crippen molar-refractivity contribution in [1.82, 2.24) is 10.2 Å². The van der Waals surface area contributed by atoms with Gasteiger partial charge < -0.3 is 10.2 Å². The van der Waals surface area contributed by atoms with Crippen LogP contribution in [0.1, 0.15) is 39.5 Å². The summed E-state index contributed by atoms with van der Waals surface area (Å²) in [5.41, 5.74) is 0. The lowest BCUT2D eigenvalue weighted by Crippen LogP contribution is -2.51. The van der Waals surface area contributed by atoms with Crippen LogP contribution in [0.2, 0.25) is 0 Å². The Kier molecular flexibility index (Phi) is 4.94. The minimum absolute atomic E-state index is 0.264. The van der Waals surface area contributed by atoms with Crippen LogP contribution >= 0.6 is 0 Å². The van der Waals surface area contributed by atoms with Gasteiger partial charge in [-0.1, -0.05) is 26.2 Å². The maximum Gasteiger partial charge on any atom is 0.236 e. The molecular formula is C11H22N2O. The molecule has 1 unspecified atom stereocenters. The lowest BCUT2D eigenvalue weighted by Gasteiger charge is -2.33. The third kappa shape index (κ3) is 3.29. The zero-order chi connectivity index (χ0) is 10.4. The molecular weight excluding hydrogens is 176 g/mol. The predicted molar refractivity (Wildman–Crippen MR) is 58.2 cm³/mol. The van der Waals surface area contributed by atoms with E-state index < -0.39 is 0 Å². The first kappa shape index (κ1) is 11.5. The maximum absolute atomic E-state index is 11.5. The number of hydrogen-bond acceptors (Lipinski definition) is 2. The average Bonchev–Trinajstić information content (AvgIpc) is 2.18. The molecule has 1 saturated heterocycles. The molecule has 0 saturated carbocycles. The van der Waals surface area contributed by atoms with E-state index in [2.05, 4.69) is 19.2 Å². The van der Waals surface area contributed by atoms with Crippen molar-refractivity contribution in [1.29, 1.82) is 0 Å². The Morgan fingerprint density at radius 3 is 2.93 bits per heavy atom. The molecule has 0 bridgehead atoms. The lowest BCUT2D eigenvalue weighted by atomic mass is 10.1. The van der Waals surface area contributed by atoms with Crippen LogP contribution in [0.25, 0.3) is 0 Å². The van der Waals surface area contributed by atoms with Crippen LogP contribution < -0.4 is 5.32 Å². The molecule has 1 rings (SSSR count). The Labute approximate surface area is 86.9 Å². The van der Waals surface area contributed by atoms with Crippen molar-refractivity contribution in [3.63, 3.8) is 0 Å². The van der Waals surface area contributed by atoms with Crippen molar-refractivity contribution in [2.24, 2.45) is 0 Å². The van der Waals surface area contributed by atoms with E-state index in [1.807, 2.05) is 4.90 Å². The van der Waals surface area contributed by atoms with Gasteiger partial charge in [0.2, 0.25) is 5.91 Å². The molecule has 0 aromatic carbocycles. The van der Waals surface area contributed by atoms with Gasteiger partial charge in [0.25, 0.3) is 0 Å². The average molecular weight is 198 g/mol. The normalized spacial score (nSPS) is 19.9. The molecule has 0 aliphatic carbocycles. The number of carbonyl (C=O) groups is 1. The fourth-order valence-corrected chi connectivity index (χ4v) is 1.93. The van der Waals surface area contributed by atoms with Gasteiger partial charge in [-0.2, -0.15) is 0 Å². The molecule has 1 atom stereocenters. The van der Waals surface area contributed by atoms with Gasteiger partial charge in [0, 0.05) is 19.1 Å². The number of amides is 1. The van der Waals surface area contributed by atoms with E-state index in [-0.39, 0.29) is 5.91 Å². The highest BCUT2D eigenvalue weighted by atomic mass is 16.2. The summed E-state index contributed by atoms with van der Waals surface area (Å²) in [6.07, 6.45) is 4.93. The van der Waals surface area contributed by atoms with Gasteiger partial charge in [-0.25, -0.2) is 0 Å². The van der Waals surface area contributed by atoms with Crippen molar-refractivity contribution in [3.05, 3.63) is 0 Å². The van der Waals surface area contributed by atoms with Crippen LogP contribution in [0.15, 0.2) is 0 Å².